The number of aromatic carboxylic acids is 1. The molecule has 0 aliphatic rings. The van der Waals surface area contributed by atoms with Crippen molar-refractivity contribution in [2.45, 2.75) is 11.8 Å². The summed E-state index contributed by atoms with van der Waals surface area (Å²) in [6.07, 6.45) is 0. The summed E-state index contributed by atoms with van der Waals surface area (Å²) < 4.78 is 23.0. The zero-order valence-electron chi connectivity index (χ0n) is 7.90. The molecule has 0 saturated carbocycles. The zero-order chi connectivity index (χ0) is 11.6. The summed E-state index contributed by atoms with van der Waals surface area (Å²) in [5.74, 6) is -1.29. The van der Waals surface area contributed by atoms with Gasteiger partial charge in [0.15, 0.2) is 9.84 Å². The monoisotopic (exact) mass is 248 g/mol. The third-order valence-corrected chi connectivity index (χ3v) is 3.79. The number of carbonyl (C=O) groups is 1. The second-order valence-corrected chi connectivity index (χ2v) is 5.60. The molecule has 4 nitrogen and oxygen atoms in total. The minimum Gasteiger partial charge on any atom is -0.478 e. The Kier molecular flexibility index (Phi) is 3.36. The molecule has 0 atom stereocenters. The zero-order valence-corrected chi connectivity index (χ0v) is 9.47. The number of carboxylic acids is 1. The lowest BCUT2D eigenvalue weighted by atomic mass is 10.2. The number of carboxylic acid groups (broad SMARTS) is 1. The van der Waals surface area contributed by atoms with Gasteiger partial charge in [0.1, 0.15) is 0 Å². The van der Waals surface area contributed by atoms with Crippen LogP contribution in [0.25, 0.3) is 0 Å². The van der Waals surface area contributed by atoms with Gasteiger partial charge in [0.05, 0.1) is 16.2 Å². The fourth-order valence-corrected chi connectivity index (χ4v) is 2.28. The van der Waals surface area contributed by atoms with Crippen LogP contribution in [0.5, 0.6) is 0 Å². The predicted molar refractivity (Wildman–Crippen MR) is 56.1 cm³/mol. The van der Waals surface area contributed by atoms with Gasteiger partial charge in [0, 0.05) is 5.02 Å². The first-order chi connectivity index (χ1) is 6.86. The topological polar surface area (TPSA) is 71.4 Å². The lowest BCUT2D eigenvalue weighted by Gasteiger charge is -2.03. The Morgan fingerprint density at radius 3 is 2.47 bits per heavy atom. The van der Waals surface area contributed by atoms with E-state index in [4.69, 9.17) is 16.7 Å². The molecule has 0 bridgehead atoms. The van der Waals surface area contributed by atoms with Crippen LogP contribution in [0.4, 0.5) is 0 Å². The van der Waals surface area contributed by atoms with Crippen LogP contribution in [0.3, 0.4) is 0 Å². The molecule has 0 aliphatic carbocycles. The molecule has 0 aliphatic heterocycles. The summed E-state index contributed by atoms with van der Waals surface area (Å²) in [7, 11) is -3.42. The van der Waals surface area contributed by atoms with Crippen molar-refractivity contribution in [3.05, 3.63) is 28.8 Å². The van der Waals surface area contributed by atoms with Gasteiger partial charge in [0.2, 0.25) is 0 Å². The largest absolute Gasteiger partial charge is 0.478 e. The first-order valence-electron chi connectivity index (χ1n) is 4.13. The van der Waals surface area contributed by atoms with Crippen molar-refractivity contribution in [1.29, 1.82) is 0 Å². The van der Waals surface area contributed by atoms with Crippen LogP contribution in [-0.2, 0) is 9.84 Å². The van der Waals surface area contributed by atoms with Crippen molar-refractivity contribution in [3.8, 4) is 0 Å². The average molecular weight is 249 g/mol. The molecule has 0 heterocycles. The number of benzene rings is 1. The van der Waals surface area contributed by atoms with Gasteiger partial charge in [-0.2, -0.15) is 0 Å². The van der Waals surface area contributed by atoms with Crippen molar-refractivity contribution >= 4 is 27.4 Å². The van der Waals surface area contributed by atoms with Crippen molar-refractivity contribution in [1.82, 2.24) is 0 Å². The molecule has 0 unspecified atom stereocenters. The normalized spacial score (nSPS) is 11.3. The highest BCUT2D eigenvalue weighted by molar-refractivity contribution is 7.91. The van der Waals surface area contributed by atoms with Crippen molar-refractivity contribution in [2.24, 2.45) is 0 Å². The Bertz CT molecular complexity index is 493. The van der Waals surface area contributed by atoms with E-state index >= 15 is 0 Å². The highest BCUT2D eigenvalue weighted by Crippen LogP contribution is 2.20. The highest BCUT2D eigenvalue weighted by atomic mass is 35.5. The fraction of sp³-hybridized carbons (Fsp3) is 0.222. The molecule has 0 saturated heterocycles. The van der Waals surface area contributed by atoms with E-state index in [1.165, 1.54) is 19.1 Å². The van der Waals surface area contributed by atoms with Gasteiger partial charge in [-0.05, 0) is 18.2 Å². The van der Waals surface area contributed by atoms with Crippen LogP contribution in [0.2, 0.25) is 5.02 Å². The number of hydrogen-bond donors (Lipinski definition) is 1. The lowest BCUT2D eigenvalue weighted by molar-refractivity contribution is 0.0696. The van der Waals surface area contributed by atoms with Crippen molar-refractivity contribution in [3.63, 3.8) is 0 Å². The van der Waals surface area contributed by atoms with E-state index in [1.54, 1.807) is 0 Å². The van der Waals surface area contributed by atoms with Crippen LogP contribution in [-0.4, -0.2) is 25.2 Å². The molecule has 1 N–H and O–H groups in total. The van der Waals surface area contributed by atoms with Crippen molar-refractivity contribution in [2.75, 3.05) is 5.75 Å². The summed E-state index contributed by atoms with van der Waals surface area (Å²) in [5.41, 5.74) is -0.130. The van der Waals surface area contributed by atoms with Gasteiger partial charge in [-0.15, -0.1) is 0 Å². The SMILES string of the molecule is CCS(=O)(=O)c1cc(Cl)cc(C(=O)O)c1. The molecule has 0 aromatic heterocycles. The minimum atomic E-state index is -3.42. The van der Waals surface area contributed by atoms with Gasteiger partial charge < -0.3 is 5.11 Å². The van der Waals surface area contributed by atoms with Gasteiger partial charge in [-0.25, -0.2) is 13.2 Å². The average Bonchev–Trinajstić information content (AvgIpc) is 2.16. The summed E-state index contributed by atoms with van der Waals surface area (Å²) in [6, 6.07) is 3.55. The van der Waals surface area contributed by atoms with Crippen LogP contribution < -0.4 is 0 Å². The first-order valence-corrected chi connectivity index (χ1v) is 6.16. The maximum absolute atomic E-state index is 11.5. The van der Waals surface area contributed by atoms with E-state index < -0.39 is 15.8 Å². The quantitative estimate of drug-likeness (QED) is 0.886. The number of sulfone groups is 1. The molecule has 1 aromatic carbocycles. The molecule has 15 heavy (non-hydrogen) atoms. The second kappa shape index (κ2) is 4.20. The number of hydrogen-bond acceptors (Lipinski definition) is 3. The standard InChI is InChI=1S/C9H9ClO4S/c1-2-15(13,14)8-4-6(9(11)12)3-7(10)5-8/h3-5H,2H2,1H3,(H,11,12). The fourth-order valence-electron chi connectivity index (χ4n) is 1.03. The molecule has 0 amide bonds. The highest BCUT2D eigenvalue weighted by Gasteiger charge is 2.15. The first kappa shape index (κ1) is 12.0. The van der Waals surface area contributed by atoms with E-state index in [0.29, 0.717) is 0 Å². The van der Waals surface area contributed by atoms with Crippen LogP contribution in [0.1, 0.15) is 17.3 Å². The summed E-state index contributed by atoms with van der Waals surface area (Å²) in [5, 5.41) is 8.82. The van der Waals surface area contributed by atoms with E-state index in [1.807, 2.05) is 0 Å². The molecule has 1 aromatic rings. The maximum Gasteiger partial charge on any atom is 0.335 e. The third kappa shape index (κ3) is 2.70. The number of halogens is 1. The van der Waals surface area contributed by atoms with Gasteiger partial charge in [-0.3, -0.25) is 0 Å². The predicted octanol–water partition coefficient (Wildman–Crippen LogP) is 1.83. The molecule has 6 heteroatoms. The summed E-state index contributed by atoms with van der Waals surface area (Å²) in [4.78, 5) is 10.6. The third-order valence-electron chi connectivity index (χ3n) is 1.86. The lowest BCUT2D eigenvalue weighted by Crippen LogP contribution is -2.06. The maximum atomic E-state index is 11.5. The van der Waals surface area contributed by atoms with Crippen molar-refractivity contribution < 1.29 is 18.3 Å². The summed E-state index contributed by atoms with van der Waals surface area (Å²) >= 11 is 5.63. The number of rotatable bonds is 3. The Balaban J connectivity index is 3.40. The molecule has 0 radical (unpaired) electrons. The van der Waals surface area contributed by atoms with Crippen LogP contribution in [0.15, 0.2) is 23.1 Å². The second-order valence-electron chi connectivity index (χ2n) is 2.88. The van der Waals surface area contributed by atoms with Crippen LogP contribution >= 0.6 is 11.6 Å². The molecule has 0 fully saturated rings. The molecule has 82 valence electrons. The molecule has 0 spiro atoms. The van der Waals surface area contributed by atoms with Gasteiger partial charge in [-0.1, -0.05) is 18.5 Å². The van der Waals surface area contributed by atoms with Gasteiger partial charge >= 0.3 is 5.97 Å². The Morgan fingerprint density at radius 1 is 1.40 bits per heavy atom. The smallest absolute Gasteiger partial charge is 0.335 e. The molecular weight excluding hydrogens is 240 g/mol. The van der Waals surface area contributed by atoms with E-state index in [-0.39, 0.29) is 21.2 Å². The Hall–Kier alpha value is -1.07. The molecule has 1 rings (SSSR count). The van der Waals surface area contributed by atoms with Crippen LogP contribution in [0, 0.1) is 0 Å². The Labute approximate surface area is 92.4 Å². The van der Waals surface area contributed by atoms with E-state index in [9.17, 15) is 13.2 Å². The molecular formula is C9H9ClO4S. The summed E-state index contributed by atoms with van der Waals surface area (Å²) in [6.45, 7) is 1.48. The Morgan fingerprint density at radius 2 is 2.00 bits per heavy atom. The van der Waals surface area contributed by atoms with Gasteiger partial charge in [0.25, 0.3) is 0 Å². The minimum absolute atomic E-state index is 0.0603. The van der Waals surface area contributed by atoms with E-state index in [2.05, 4.69) is 0 Å². The van der Waals surface area contributed by atoms with E-state index in [0.717, 1.165) is 6.07 Å².